The Morgan fingerprint density at radius 2 is 1.92 bits per heavy atom. The lowest BCUT2D eigenvalue weighted by molar-refractivity contribution is -0.136. The smallest absolute Gasteiger partial charge is 0.337 e. The first-order valence-electron chi connectivity index (χ1n) is 8.27. The van der Waals surface area contributed by atoms with Gasteiger partial charge in [0.2, 0.25) is 0 Å². The van der Waals surface area contributed by atoms with Crippen LogP contribution < -0.4 is 14.8 Å². The van der Waals surface area contributed by atoms with Crippen LogP contribution in [0.25, 0.3) is 0 Å². The van der Waals surface area contributed by atoms with Gasteiger partial charge in [-0.1, -0.05) is 11.6 Å². The van der Waals surface area contributed by atoms with Gasteiger partial charge >= 0.3 is 12.0 Å². The molecule has 1 N–H and O–H groups in total. The Hall–Kier alpha value is -2.41. The Morgan fingerprint density at radius 3 is 2.50 bits per heavy atom. The molecule has 1 heterocycles. The van der Waals surface area contributed by atoms with Crippen LogP contribution in [0.4, 0.5) is 4.79 Å². The fraction of sp³-hybridized carbons (Fsp3) is 0.444. The molecule has 1 aliphatic heterocycles. The highest BCUT2D eigenvalue weighted by molar-refractivity contribution is 6.32. The number of carbonyl (C=O) groups is 2. The van der Waals surface area contributed by atoms with E-state index in [0.717, 1.165) is 0 Å². The van der Waals surface area contributed by atoms with Gasteiger partial charge in [0.1, 0.15) is 0 Å². The highest BCUT2D eigenvalue weighted by Gasteiger charge is 2.35. The zero-order chi connectivity index (χ0) is 19.4. The van der Waals surface area contributed by atoms with Gasteiger partial charge in [0.05, 0.1) is 37.0 Å². The topological polar surface area (TPSA) is 77.1 Å². The highest BCUT2D eigenvalue weighted by Crippen LogP contribution is 2.41. The van der Waals surface area contributed by atoms with Gasteiger partial charge in [-0.2, -0.15) is 0 Å². The molecule has 0 bridgehead atoms. The zero-order valence-corrected chi connectivity index (χ0v) is 16.3. The van der Waals surface area contributed by atoms with Crippen molar-refractivity contribution >= 4 is 23.6 Å². The van der Waals surface area contributed by atoms with Crippen LogP contribution in [0.3, 0.4) is 0 Å². The van der Waals surface area contributed by atoms with Crippen molar-refractivity contribution in [2.24, 2.45) is 0 Å². The lowest BCUT2D eigenvalue weighted by Gasteiger charge is -2.33. The van der Waals surface area contributed by atoms with Gasteiger partial charge in [-0.25, -0.2) is 9.59 Å². The molecule has 1 aromatic rings. The predicted molar refractivity (Wildman–Crippen MR) is 97.5 cm³/mol. The van der Waals surface area contributed by atoms with E-state index in [2.05, 4.69) is 5.32 Å². The van der Waals surface area contributed by atoms with E-state index in [-0.39, 0.29) is 6.03 Å². The fourth-order valence-electron chi connectivity index (χ4n) is 2.76. The SMILES string of the molecule is CCOc1cc([C@@H]2NC(=O)N(C)C(C)=C2C(=O)OC)cc(Cl)c1OCC. The number of allylic oxidation sites excluding steroid dienone is 1. The van der Waals surface area contributed by atoms with Gasteiger partial charge in [-0.3, -0.25) is 0 Å². The quantitative estimate of drug-likeness (QED) is 0.764. The van der Waals surface area contributed by atoms with E-state index in [1.54, 1.807) is 26.1 Å². The second-order valence-electron chi connectivity index (χ2n) is 5.63. The molecule has 8 heteroatoms. The third-order valence-electron chi connectivity index (χ3n) is 4.11. The number of rotatable bonds is 6. The molecule has 26 heavy (non-hydrogen) atoms. The Bertz CT molecular complexity index is 747. The molecular weight excluding hydrogens is 360 g/mol. The summed E-state index contributed by atoms with van der Waals surface area (Å²) in [6.45, 7) is 6.22. The fourth-order valence-corrected chi connectivity index (χ4v) is 3.04. The number of hydrogen-bond donors (Lipinski definition) is 1. The lowest BCUT2D eigenvalue weighted by Crippen LogP contribution is -2.46. The minimum atomic E-state index is -0.710. The van der Waals surface area contributed by atoms with E-state index >= 15 is 0 Å². The Balaban J connectivity index is 2.60. The van der Waals surface area contributed by atoms with Crippen LogP contribution in [0.1, 0.15) is 32.4 Å². The number of urea groups is 1. The van der Waals surface area contributed by atoms with Crippen LogP contribution in [-0.2, 0) is 9.53 Å². The van der Waals surface area contributed by atoms with Crippen molar-refractivity contribution in [3.63, 3.8) is 0 Å². The predicted octanol–water partition coefficient (Wildman–Crippen LogP) is 3.28. The van der Waals surface area contributed by atoms with Crippen LogP contribution >= 0.6 is 11.6 Å². The Labute approximate surface area is 157 Å². The van der Waals surface area contributed by atoms with Crippen molar-refractivity contribution in [1.82, 2.24) is 10.2 Å². The molecule has 0 aromatic heterocycles. The number of nitrogens with one attached hydrogen (secondary N) is 1. The number of benzene rings is 1. The first-order valence-corrected chi connectivity index (χ1v) is 8.65. The molecule has 1 atom stereocenters. The van der Waals surface area contributed by atoms with Gasteiger partial charge in [0.15, 0.2) is 11.5 Å². The average Bonchev–Trinajstić information content (AvgIpc) is 2.61. The monoisotopic (exact) mass is 382 g/mol. The third-order valence-corrected chi connectivity index (χ3v) is 4.39. The van der Waals surface area contributed by atoms with E-state index in [4.69, 9.17) is 25.8 Å². The number of methoxy groups -OCH3 is 1. The summed E-state index contributed by atoms with van der Waals surface area (Å²) in [7, 11) is 2.88. The maximum atomic E-state index is 12.3. The molecule has 0 aliphatic carbocycles. The second-order valence-corrected chi connectivity index (χ2v) is 6.04. The summed E-state index contributed by atoms with van der Waals surface area (Å²) >= 11 is 6.37. The first-order chi connectivity index (χ1) is 12.3. The standard InChI is InChI=1S/C18H23ClN2O5/c1-6-25-13-9-11(8-12(19)16(13)26-7-2)15-14(17(22)24-5)10(3)21(4)18(23)20-15/h8-9,15H,6-7H2,1-5H3,(H,20,23)/t15-/m0/s1. The molecule has 1 aliphatic rings. The van der Waals surface area contributed by atoms with Crippen molar-refractivity contribution in [2.75, 3.05) is 27.4 Å². The van der Waals surface area contributed by atoms with E-state index in [1.807, 2.05) is 13.8 Å². The van der Waals surface area contributed by atoms with E-state index < -0.39 is 12.0 Å². The normalized spacial score (nSPS) is 17.1. The summed E-state index contributed by atoms with van der Waals surface area (Å²) in [5.74, 6) is 0.355. The summed E-state index contributed by atoms with van der Waals surface area (Å²) in [6, 6.07) is 2.33. The minimum Gasteiger partial charge on any atom is -0.490 e. The Morgan fingerprint density at radius 1 is 1.27 bits per heavy atom. The van der Waals surface area contributed by atoms with Crippen molar-refractivity contribution in [2.45, 2.75) is 26.8 Å². The third kappa shape index (κ3) is 3.72. The van der Waals surface area contributed by atoms with Crippen LogP contribution in [-0.4, -0.2) is 44.3 Å². The molecule has 0 saturated heterocycles. The van der Waals surface area contributed by atoms with Gasteiger partial charge in [-0.05, 0) is 38.5 Å². The van der Waals surface area contributed by atoms with Crippen LogP contribution in [0, 0.1) is 0 Å². The minimum absolute atomic E-state index is 0.330. The highest BCUT2D eigenvalue weighted by atomic mass is 35.5. The molecule has 0 radical (unpaired) electrons. The molecular formula is C18H23ClN2O5. The number of esters is 1. The molecule has 0 unspecified atom stereocenters. The molecule has 142 valence electrons. The van der Waals surface area contributed by atoms with Gasteiger partial charge < -0.3 is 24.4 Å². The van der Waals surface area contributed by atoms with Crippen molar-refractivity contribution in [1.29, 1.82) is 0 Å². The van der Waals surface area contributed by atoms with Crippen LogP contribution in [0.5, 0.6) is 11.5 Å². The molecule has 2 amide bonds. The average molecular weight is 383 g/mol. The maximum absolute atomic E-state index is 12.3. The summed E-state index contributed by atoms with van der Waals surface area (Å²) in [5, 5.41) is 3.14. The number of halogens is 1. The van der Waals surface area contributed by atoms with Crippen molar-refractivity contribution in [3.05, 3.63) is 34.0 Å². The largest absolute Gasteiger partial charge is 0.490 e. The van der Waals surface area contributed by atoms with E-state index in [9.17, 15) is 9.59 Å². The maximum Gasteiger partial charge on any atom is 0.337 e. The van der Waals surface area contributed by atoms with Crippen molar-refractivity contribution < 1.29 is 23.8 Å². The van der Waals surface area contributed by atoms with Crippen molar-refractivity contribution in [3.8, 4) is 11.5 Å². The molecule has 2 rings (SSSR count). The summed E-state index contributed by atoms with van der Waals surface area (Å²) in [5.41, 5.74) is 1.44. The van der Waals surface area contributed by atoms with Crippen LogP contribution in [0.2, 0.25) is 5.02 Å². The number of amides is 2. The van der Waals surface area contributed by atoms with Gasteiger partial charge in [-0.15, -0.1) is 0 Å². The first kappa shape index (κ1) is 19.9. The number of nitrogens with zero attached hydrogens (tertiary/aromatic N) is 1. The van der Waals surface area contributed by atoms with Gasteiger partial charge in [0, 0.05) is 12.7 Å². The van der Waals surface area contributed by atoms with Crippen LogP contribution in [0.15, 0.2) is 23.4 Å². The van der Waals surface area contributed by atoms with E-state index in [0.29, 0.717) is 46.6 Å². The molecule has 0 fully saturated rings. The molecule has 7 nitrogen and oxygen atoms in total. The molecule has 1 aromatic carbocycles. The zero-order valence-electron chi connectivity index (χ0n) is 15.5. The van der Waals surface area contributed by atoms with Gasteiger partial charge in [0.25, 0.3) is 0 Å². The number of carbonyl (C=O) groups excluding carboxylic acids is 2. The summed E-state index contributed by atoms with van der Waals surface area (Å²) in [4.78, 5) is 25.9. The number of hydrogen-bond acceptors (Lipinski definition) is 5. The number of ether oxygens (including phenoxy) is 3. The molecule has 0 spiro atoms. The van der Waals surface area contributed by atoms with E-state index in [1.165, 1.54) is 12.0 Å². The molecule has 0 saturated carbocycles. The summed E-state index contributed by atoms with van der Waals surface area (Å²) in [6.07, 6.45) is 0. The summed E-state index contributed by atoms with van der Waals surface area (Å²) < 4.78 is 16.1. The Kier molecular flexibility index (Phi) is 6.37. The second kappa shape index (κ2) is 8.31. The lowest BCUT2D eigenvalue weighted by atomic mass is 9.94.